The fourth-order valence-electron chi connectivity index (χ4n) is 2.34. The number of rotatable bonds is 4. The molecule has 0 spiro atoms. The van der Waals surface area contributed by atoms with Crippen LogP contribution in [0.25, 0.3) is 11.5 Å². The number of alkyl halides is 3. The molecule has 0 aliphatic heterocycles. The highest BCUT2D eigenvalue weighted by atomic mass is 32.2. The number of aryl methyl sites for hydroxylation is 2. The van der Waals surface area contributed by atoms with E-state index < -0.39 is 21.8 Å². The summed E-state index contributed by atoms with van der Waals surface area (Å²) >= 11 is 0. The summed E-state index contributed by atoms with van der Waals surface area (Å²) in [6, 6.07) is 6.72. The van der Waals surface area contributed by atoms with Crippen LogP contribution >= 0.6 is 0 Å². The van der Waals surface area contributed by atoms with Gasteiger partial charge in [0.05, 0.1) is 5.56 Å². The number of halogens is 3. The van der Waals surface area contributed by atoms with E-state index in [2.05, 4.69) is 14.9 Å². The Bertz CT molecular complexity index is 1030. The topological polar surface area (TPSA) is 88.0 Å². The Hall–Kier alpha value is -2.75. The largest absolute Gasteiger partial charge is 0.458 e. The lowest BCUT2D eigenvalue weighted by Crippen LogP contribution is -2.13. The van der Waals surface area contributed by atoms with Crippen LogP contribution < -0.4 is 4.72 Å². The van der Waals surface area contributed by atoms with Gasteiger partial charge in [-0.2, -0.15) is 18.3 Å². The number of hydrogen-bond acceptors (Lipinski definition) is 4. The highest BCUT2D eigenvalue weighted by molar-refractivity contribution is 7.92. The molecule has 0 aliphatic rings. The average Bonchev–Trinajstić information content (AvgIpc) is 3.13. The molecule has 6 nitrogen and oxygen atoms in total. The Morgan fingerprint density at radius 3 is 2.31 bits per heavy atom. The van der Waals surface area contributed by atoms with Crippen LogP contribution in [0.3, 0.4) is 0 Å². The Labute approximate surface area is 147 Å². The van der Waals surface area contributed by atoms with Crippen molar-refractivity contribution in [3.05, 3.63) is 53.4 Å². The standard InChI is InChI=1S/C16H14F3N3O3S/c1-9-7-13(21-20-9)14-8-15(10(2)25-14)26(23,24)22-12-5-3-11(4-6-12)16(17,18)19/h3-8,22H,1-2H3,(H,20,21). The molecule has 3 aromatic rings. The Balaban J connectivity index is 1.88. The van der Waals surface area contributed by atoms with Gasteiger partial charge in [0.25, 0.3) is 10.0 Å². The molecule has 0 atom stereocenters. The zero-order valence-corrected chi connectivity index (χ0v) is 14.5. The number of anilines is 1. The highest BCUT2D eigenvalue weighted by Gasteiger charge is 2.30. The molecule has 0 radical (unpaired) electrons. The molecular formula is C16H14F3N3O3S. The van der Waals surface area contributed by atoms with Crippen LogP contribution in [0.5, 0.6) is 0 Å². The number of aromatic amines is 1. The van der Waals surface area contributed by atoms with Crippen molar-refractivity contribution >= 4 is 15.7 Å². The molecular weight excluding hydrogens is 371 g/mol. The van der Waals surface area contributed by atoms with Gasteiger partial charge in [0.1, 0.15) is 16.3 Å². The van der Waals surface area contributed by atoms with E-state index in [0.717, 1.165) is 30.0 Å². The van der Waals surface area contributed by atoms with Crippen molar-refractivity contribution in [3.8, 4) is 11.5 Å². The van der Waals surface area contributed by atoms with Gasteiger partial charge in [-0.25, -0.2) is 8.42 Å². The molecule has 0 fully saturated rings. The summed E-state index contributed by atoms with van der Waals surface area (Å²) in [5, 5.41) is 6.72. The van der Waals surface area contributed by atoms with Gasteiger partial charge in [-0.05, 0) is 44.2 Å². The third kappa shape index (κ3) is 3.59. The minimum absolute atomic E-state index is 0.00997. The molecule has 2 aromatic heterocycles. The minimum Gasteiger partial charge on any atom is -0.458 e. The first-order chi connectivity index (χ1) is 12.1. The quantitative estimate of drug-likeness (QED) is 0.708. The lowest BCUT2D eigenvalue weighted by atomic mass is 10.2. The van der Waals surface area contributed by atoms with E-state index in [1.165, 1.54) is 13.0 Å². The van der Waals surface area contributed by atoms with Crippen LogP contribution in [0.4, 0.5) is 18.9 Å². The normalized spacial score (nSPS) is 12.3. The van der Waals surface area contributed by atoms with Gasteiger partial charge in [-0.3, -0.25) is 9.82 Å². The molecule has 0 bridgehead atoms. The molecule has 2 N–H and O–H groups in total. The Morgan fingerprint density at radius 2 is 1.77 bits per heavy atom. The van der Waals surface area contributed by atoms with Gasteiger partial charge in [-0.15, -0.1) is 0 Å². The summed E-state index contributed by atoms with van der Waals surface area (Å²) in [6.07, 6.45) is -4.49. The van der Waals surface area contributed by atoms with Gasteiger partial charge >= 0.3 is 6.18 Å². The zero-order valence-electron chi connectivity index (χ0n) is 13.7. The molecule has 0 amide bonds. The highest BCUT2D eigenvalue weighted by Crippen LogP contribution is 2.31. The third-order valence-corrected chi connectivity index (χ3v) is 5.07. The fourth-order valence-corrected chi connectivity index (χ4v) is 3.58. The van der Waals surface area contributed by atoms with Crippen molar-refractivity contribution < 1.29 is 26.0 Å². The summed E-state index contributed by atoms with van der Waals surface area (Å²) in [5.41, 5.74) is 0.370. The van der Waals surface area contributed by atoms with Crippen molar-refractivity contribution in [3.63, 3.8) is 0 Å². The van der Waals surface area contributed by atoms with E-state index in [1.807, 2.05) is 0 Å². The summed E-state index contributed by atoms with van der Waals surface area (Å²) in [6.45, 7) is 3.26. The molecule has 2 heterocycles. The van der Waals surface area contributed by atoms with E-state index in [9.17, 15) is 21.6 Å². The van der Waals surface area contributed by atoms with Crippen molar-refractivity contribution in [2.75, 3.05) is 4.72 Å². The Morgan fingerprint density at radius 1 is 1.12 bits per heavy atom. The number of sulfonamides is 1. The molecule has 26 heavy (non-hydrogen) atoms. The molecule has 10 heteroatoms. The molecule has 138 valence electrons. The summed E-state index contributed by atoms with van der Waals surface area (Å²) in [7, 11) is -4.04. The maximum atomic E-state index is 12.6. The zero-order chi connectivity index (χ0) is 19.1. The van der Waals surface area contributed by atoms with Crippen LogP contribution in [0.1, 0.15) is 17.0 Å². The Kier molecular flexibility index (Phi) is 4.31. The van der Waals surface area contributed by atoms with Crippen molar-refractivity contribution in [1.82, 2.24) is 10.2 Å². The number of benzene rings is 1. The van der Waals surface area contributed by atoms with Crippen molar-refractivity contribution in [1.29, 1.82) is 0 Å². The predicted molar refractivity (Wildman–Crippen MR) is 88.0 cm³/mol. The summed E-state index contributed by atoms with van der Waals surface area (Å²) < 4.78 is 70.5. The third-order valence-electron chi connectivity index (χ3n) is 3.58. The number of aromatic nitrogens is 2. The second-order valence-electron chi connectivity index (χ2n) is 5.65. The molecule has 0 saturated carbocycles. The number of hydrogen-bond donors (Lipinski definition) is 2. The van der Waals surface area contributed by atoms with Gasteiger partial charge < -0.3 is 4.42 Å². The summed E-state index contributed by atoms with van der Waals surface area (Å²) in [4.78, 5) is -0.118. The first-order valence-corrected chi connectivity index (χ1v) is 8.87. The first-order valence-electron chi connectivity index (χ1n) is 7.39. The second-order valence-corrected chi connectivity index (χ2v) is 7.30. The van der Waals surface area contributed by atoms with Gasteiger partial charge in [0.15, 0.2) is 5.76 Å². The number of nitrogens with one attached hydrogen (secondary N) is 2. The molecule has 0 saturated heterocycles. The second kappa shape index (κ2) is 6.20. The van der Waals surface area contributed by atoms with Gasteiger partial charge in [0, 0.05) is 17.4 Å². The van der Waals surface area contributed by atoms with Gasteiger partial charge in [0.2, 0.25) is 0 Å². The van der Waals surface area contributed by atoms with Crippen LogP contribution in [0.15, 0.2) is 45.7 Å². The number of nitrogens with zero attached hydrogens (tertiary/aromatic N) is 1. The monoisotopic (exact) mass is 385 g/mol. The molecule has 0 unspecified atom stereocenters. The molecule has 3 rings (SSSR count). The molecule has 1 aromatic carbocycles. The van der Waals surface area contributed by atoms with Crippen LogP contribution in [-0.4, -0.2) is 18.6 Å². The smallest absolute Gasteiger partial charge is 0.416 e. The summed E-state index contributed by atoms with van der Waals surface area (Å²) in [5.74, 6) is 0.403. The van der Waals surface area contributed by atoms with E-state index in [4.69, 9.17) is 4.42 Å². The van der Waals surface area contributed by atoms with Crippen LogP contribution in [-0.2, 0) is 16.2 Å². The van der Waals surface area contributed by atoms with Crippen molar-refractivity contribution in [2.45, 2.75) is 24.9 Å². The molecule has 0 aliphatic carbocycles. The van der Waals surface area contributed by atoms with Crippen LogP contribution in [0, 0.1) is 13.8 Å². The lowest BCUT2D eigenvalue weighted by molar-refractivity contribution is -0.137. The predicted octanol–water partition coefficient (Wildman–Crippen LogP) is 4.11. The maximum absolute atomic E-state index is 12.6. The number of H-pyrrole nitrogens is 1. The SMILES string of the molecule is Cc1cc(-c2cc(S(=O)(=O)Nc3ccc(C(F)(F)F)cc3)c(C)o2)n[nH]1. The van der Waals surface area contributed by atoms with Crippen molar-refractivity contribution in [2.24, 2.45) is 0 Å². The van der Waals surface area contributed by atoms with E-state index in [1.54, 1.807) is 13.0 Å². The lowest BCUT2D eigenvalue weighted by Gasteiger charge is -2.09. The number of furan rings is 1. The van der Waals surface area contributed by atoms with E-state index >= 15 is 0 Å². The minimum atomic E-state index is -4.49. The van der Waals surface area contributed by atoms with E-state index in [0.29, 0.717) is 5.69 Å². The van der Waals surface area contributed by atoms with Crippen LogP contribution in [0.2, 0.25) is 0 Å². The first kappa shape index (κ1) is 18.1. The fraction of sp³-hybridized carbons (Fsp3) is 0.188. The maximum Gasteiger partial charge on any atom is 0.416 e. The van der Waals surface area contributed by atoms with Gasteiger partial charge in [-0.1, -0.05) is 0 Å². The average molecular weight is 385 g/mol. The van der Waals surface area contributed by atoms with E-state index in [-0.39, 0.29) is 22.1 Å².